The van der Waals surface area contributed by atoms with E-state index in [1.807, 2.05) is 0 Å². The number of hydrogen-bond donors (Lipinski definition) is 0. The van der Waals surface area contributed by atoms with Crippen molar-refractivity contribution in [2.24, 2.45) is 0 Å². The van der Waals surface area contributed by atoms with E-state index in [1.165, 1.54) is 0 Å². The smallest absolute Gasteiger partial charge is 0.265 e. The van der Waals surface area contributed by atoms with Crippen LogP contribution in [0.5, 0.6) is 5.75 Å². The number of rotatable bonds is 4. The Morgan fingerprint density at radius 3 is 2.24 bits per heavy atom. The molecule has 0 atom stereocenters. The van der Waals surface area contributed by atoms with Crippen LogP contribution in [0.15, 0.2) is 41.3 Å². The van der Waals surface area contributed by atoms with Gasteiger partial charge in [-0.05, 0) is 30.3 Å². The van der Waals surface area contributed by atoms with Crippen LogP contribution in [0.1, 0.15) is 5.56 Å². The molecular weight excluding hydrogens is 329 g/mol. The Balaban J connectivity index is 2.28. The molecule has 2 aromatic rings. The van der Waals surface area contributed by atoms with E-state index in [0.29, 0.717) is 12.1 Å². The maximum absolute atomic E-state index is 13.4. The summed E-state index contributed by atoms with van der Waals surface area (Å²) in [6, 6.07) is 5.59. The molecule has 0 fully saturated rings. The lowest BCUT2D eigenvalue weighted by atomic mass is 10.2. The van der Waals surface area contributed by atoms with Crippen LogP contribution < -0.4 is 4.74 Å². The number of halogens is 4. The zero-order valence-corrected chi connectivity index (χ0v) is 11.9. The van der Waals surface area contributed by atoms with Gasteiger partial charge in [0.05, 0.1) is 0 Å². The lowest BCUT2D eigenvalue weighted by Crippen LogP contribution is -2.03. The van der Waals surface area contributed by atoms with Crippen LogP contribution in [0.4, 0.5) is 13.2 Å². The highest BCUT2D eigenvalue weighted by Crippen LogP contribution is 2.28. The fourth-order valence-electron chi connectivity index (χ4n) is 1.59. The van der Waals surface area contributed by atoms with Crippen LogP contribution in [0.2, 0.25) is 0 Å². The molecule has 0 heterocycles. The molecule has 0 bridgehead atoms. The Morgan fingerprint density at radius 2 is 1.62 bits per heavy atom. The van der Waals surface area contributed by atoms with Gasteiger partial charge in [-0.15, -0.1) is 0 Å². The van der Waals surface area contributed by atoms with Crippen molar-refractivity contribution < 1.29 is 26.3 Å². The molecule has 0 aliphatic rings. The van der Waals surface area contributed by atoms with Gasteiger partial charge < -0.3 is 4.74 Å². The summed E-state index contributed by atoms with van der Waals surface area (Å²) in [5, 5.41) is 0. The molecule has 0 aliphatic heterocycles. The summed E-state index contributed by atoms with van der Waals surface area (Å²) < 4.78 is 67.0. The van der Waals surface area contributed by atoms with Crippen molar-refractivity contribution in [2.75, 3.05) is 0 Å². The van der Waals surface area contributed by atoms with Crippen molar-refractivity contribution >= 4 is 19.7 Å². The second-order valence-electron chi connectivity index (χ2n) is 4.05. The summed E-state index contributed by atoms with van der Waals surface area (Å²) in [5.41, 5.74) is 0.0126. The van der Waals surface area contributed by atoms with E-state index >= 15 is 0 Å². The topological polar surface area (TPSA) is 43.4 Å². The quantitative estimate of drug-likeness (QED) is 0.801. The molecule has 112 valence electrons. The highest BCUT2D eigenvalue weighted by Gasteiger charge is 2.18. The van der Waals surface area contributed by atoms with Gasteiger partial charge in [-0.2, -0.15) is 0 Å². The number of ether oxygens (including phenoxy) is 1. The minimum atomic E-state index is -4.22. The molecule has 0 aliphatic carbocycles. The highest BCUT2D eigenvalue weighted by molar-refractivity contribution is 8.13. The van der Waals surface area contributed by atoms with Gasteiger partial charge in [0.15, 0.2) is 0 Å². The predicted octanol–water partition coefficient (Wildman–Crippen LogP) is 3.61. The van der Waals surface area contributed by atoms with Gasteiger partial charge in [0, 0.05) is 22.3 Å². The van der Waals surface area contributed by atoms with Crippen LogP contribution >= 0.6 is 10.7 Å². The molecule has 0 N–H and O–H groups in total. The van der Waals surface area contributed by atoms with Gasteiger partial charge in [0.1, 0.15) is 34.7 Å². The van der Waals surface area contributed by atoms with E-state index < -0.39 is 31.4 Å². The molecule has 0 unspecified atom stereocenters. The van der Waals surface area contributed by atoms with Gasteiger partial charge >= 0.3 is 0 Å². The van der Waals surface area contributed by atoms with Crippen molar-refractivity contribution in [2.45, 2.75) is 11.5 Å². The van der Waals surface area contributed by atoms with E-state index in [1.54, 1.807) is 0 Å². The van der Waals surface area contributed by atoms with Crippen molar-refractivity contribution in [3.8, 4) is 5.75 Å². The predicted molar refractivity (Wildman–Crippen MR) is 70.1 cm³/mol. The first-order valence-corrected chi connectivity index (χ1v) is 7.89. The first kappa shape index (κ1) is 15.7. The van der Waals surface area contributed by atoms with E-state index in [4.69, 9.17) is 15.4 Å². The van der Waals surface area contributed by atoms with E-state index in [-0.39, 0.29) is 17.9 Å². The fraction of sp³-hybridized carbons (Fsp3) is 0.0769. The van der Waals surface area contributed by atoms with Gasteiger partial charge in [0.2, 0.25) is 0 Å². The minimum absolute atomic E-state index is 0.0126. The molecule has 8 heteroatoms. The van der Waals surface area contributed by atoms with E-state index in [2.05, 4.69) is 0 Å². The summed E-state index contributed by atoms with van der Waals surface area (Å²) in [6.07, 6.45) is 0. The number of hydrogen-bond acceptors (Lipinski definition) is 3. The van der Waals surface area contributed by atoms with Gasteiger partial charge in [-0.1, -0.05) is 0 Å². The summed E-state index contributed by atoms with van der Waals surface area (Å²) >= 11 is 0. The summed E-state index contributed by atoms with van der Waals surface area (Å²) in [4.78, 5) is -0.563. The second kappa shape index (κ2) is 5.95. The second-order valence-corrected chi connectivity index (χ2v) is 6.59. The Hall–Kier alpha value is -1.73. The maximum atomic E-state index is 13.4. The molecule has 0 spiro atoms. The summed E-state index contributed by atoms with van der Waals surface area (Å²) in [5.74, 6) is -2.63. The normalized spacial score (nSPS) is 11.4. The molecule has 0 saturated carbocycles. The van der Waals surface area contributed by atoms with Crippen molar-refractivity contribution in [1.82, 2.24) is 0 Å². The van der Waals surface area contributed by atoms with Crippen molar-refractivity contribution in [1.29, 1.82) is 0 Å². The Labute approximate surface area is 123 Å². The van der Waals surface area contributed by atoms with Crippen LogP contribution in [0.3, 0.4) is 0 Å². The minimum Gasteiger partial charge on any atom is -0.487 e. The van der Waals surface area contributed by atoms with E-state index in [9.17, 15) is 21.6 Å². The van der Waals surface area contributed by atoms with Crippen molar-refractivity contribution in [3.63, 3.8) is 0 Å². The Bertz CT molecular complexity index is 778. The molecule has 0 amide bonds. The molecule has 0 saturated heterocycles. The van der Waals surface area contributed by atoms with Crippen LogP contribution in [-0.4, -0.2) is 8.42 Å². The van der Waals surface area contributed by atoms with Gasteiger partial charge in [-0.3, -0.25) is 0 Å². The maximum Gasteiger partial charge on any atom is 0.265 e. The molecular formula is C13H8ClF3O3S. The lowest BCUT2D eigenvalue weighted by Gasteiger charge is -2.10. The average molecular weight is 337 g/mol. The Morgan fingerprint density at radius 1 is 1.00 bits per heavy atom. The zero-order valence-electron chi connectivity index (χ0n) is 10.3. The molecule has 0 radical (unpaired) electrons. The standard InChI is InChI=1S/C13H8ClF3O3S/c14-21(18,19)13-6-10(16)3-4-12(13)20-7-8-1-2-9(15)5-11(8)17/h1-6H,7H2. The van der Waals surface area contributed by atoms with Crippen LogP contribution in [0.25, 0.3) is 0 Å². The fourth-order valence-corrected chi connectivity index (χ4v) is 2.57. The first-order chi connectivity index (χ1) is 9.77. The largest absolute Gasteiger partial charge is 0.487 e. The molecule has 21 heavy (non-hydrogen) atoms. The lowest BCUT2D eigenvalue weighted by molar-refractivity contribution is 0.291. The summed E-state index contributed by atoms with van der Waals surface area (Å²) in [6.45, 7) is -0.364. The zero-order chi connectivity index (χ0) is 15.6. The first-order valence-electron chi connectivity index (χ1n) is 5.58. The monoisotopic (exact) mass is 336 g/mol. The molecule has 2 aromatic carbocycles. The SMILES string of the molecule is O=S(=O)(Cl)c1cc(F)ccc1OCc1ccc(F)cc1F. The van der Waals surface area contributed by atoms with E-state index in [0.717, 1.165) is 24.3 Å². The van der Waals surface area contributed by atoms with Crippen LogP contribution in [-0.2, 0) is 15.7 Å². The summed E-state index contributed by atoms with van der Waals surface area (Å²) in [7, 11) is 0.948. The third-order valence-corrected chi connectivity index (χ3v) is 3.91. The van der Waals surface area contributed by atoms with Crippen LogP contribution in [0, 0.1) is 17.5 Å². The highest BCUT2D eigenvalue weighted by atomic mass is 35.7. The average Bonchev–Trinajstić information content (AvgIpc) is 2.38. The van der Waals surface area contributed by atoms with Gasteiger partial charge in [-0.25, -0.2) is 21.6 Å². The van der Waals surface area contributed by atoms with Gasteiger partial charge in [0.25, 0.3) is 9.05 Å². The number of benzene rings is 2. The third kappa shape index (κ3) is 3.89. The van der Waals surface area contributed by atoms with Crippen molar-refractivity contribution in [3.05, 3.63) is 59.4 Å². The molecule has 0 aromatic heterocycles. The third-order valence-electron chi connectivity index (χ3n) is 2.57. The Kier molecular flexibility index (Phi) is 4.43. The molecule has 3 nitrogen and oxygen atoms in total. The molecule has 2 rings (SSSR count).